The van der Waals surface area contributed by atoms with E-state index in [-0.39, 0.29) is 19.0 Å². The molecule has 0 unspecified atom stereocenters. The first-order chi connectivity index (χ1) is 11.1. The lowest BCUT2D eigenvalue weighted by atomic mass is 10.2. The van der Waals surface area contributed by atoms with Crippen molar-refractivity contribution in [1.82, 2.24) is 25.5 Å². The minimum atomic E-state index is -0.500. The number of thioether (sulfide) groups is 1. The Kier molecular flexibility index (Phi) is 9.04. The number of hydrogen-bond acceptors (Lipinski definition) is 7. The molecule has 1 heterocycles. The van der Waals surface area contributed by atoms with Crippen LogP contribution in [0.3, 0.4) is 0 Å². The highest BCUT2D eigenvalue weighted by molar-refractivity contribution is 9.10. The first kappa shape index (κ1) is 20.7. The summed E-state index contributed by atoms with van der Waals surface area (Å²) in [6.07, 6.45) is 0. The molecule has 8 nitrogen and oxygen atoms in total. The maximum Gasteiger partial charge on any atom is 0.255 e. The van der Waals surface area contributed by atoms with Crippen LogP contribution in [0.4, 0.5) is 0 Å². The van der Waals surface area contributed by atoms with E-state index in [2.05, 4.69) is 36.8 Å². The topological polar surface area (TPSA) is 108 Å². The van der Waals surface area contributed by atoms with E-state index in [0.717, 1.165) is 27.5 Å². The van der Waals surface area contributed by atoms with Crippen LogP contribution in [0.15, 0.2) is 27.8 Å². The molecule has 0 saturated heterocycles. The lowest BCUT2D eigenvalue weighted by Gasteiger charge is -2.11. The summed E-state index contributed by atoms with van der Waals surface area (Å²) in [6, 6.07) is 5.61. The van der Waals surface area contributed by atoms with Crippen LogP contribution in [0, 0.1) is 0 Å². The monoisotopic (exact) mass is 436 g/mol. The fraction of sp³-hybridized carbons (Fsp3) is 0.385. The van der Waals surface area contributed by atoms with Gasteiger partial charge in [0.15, 0.2) is 6.61 Å². The molecule has 1 aromatic carbocycles. The number of amides is 1. The van der Waals surface area contributed by atoms with E-state index in [1.54, 1.807) is 23.5 Å². The highest BCUT2D eigenvalue weighted by Gasteiger charge is 2.07. The average Bonchev–Trinajstić information content (AvgIpc) is 2.91. The van der Waals surface area contributed by atoms with Gasteiger partial charge in [0.2, 0.25) is 5.16 Å². The molecule has 132 valence electrons. The van der Waals surface area contributed by atoms with Gasteiger partial charge in [-0.2, -0.15) is 0 Å². The fourth-order valence-corrected chi connectivity index (χ4v) is 2.91. The first-order valence-electron chi connectivity index (χ1n) is 6.81. The molecule has 2 rings (SSSR count). The van der Waals surface area contributed by atoms with Crippen LogP contribution in [0.25, 0.3) is 0 Å². The van der Waals surface area contributed by atoms with Crippen molar-refractivity contribution in [3.8, 4) is 5.75 Å². The van der Waals surface area contributed by atoms with Gasteiger partial charge in [0.1, 0.15) is 5.75 Å². The van der Waals surface area contributed by atoms with Crippen molar-refractivity contribution in [2.24, 2.45) is 12.8 Å². The zero-order valence-corrected chi connectivity index (χ0v) is 16.2. The molecule has 0 bridgehead atoms. The van der Waals surface area contributed by atoms with E-state index >= 15 is 0 Å². The Hall–Kier alpha value is -1.36. The molecule has 0 aliphatic rings. The summed E-state index contributed by atoms with van der Waals surface area (Å²) in [5.41, 5.74) is 6.06. The van der Waals surface area contributed by atoms with Gasteiger partial charge >= 0.3 is 0 Å². The zero-order chi connectivity index (χ0) is 16.7. The predicted octanol–water partition coefficient (Wildman–Crippen LogP) is 1.14. The minimum Gasteiger partial charge on any atom is -0.483 e. The maximum absolute atomic E-state index is 10.8. The Balaban J connectivity index is 0.00000288. The number of tetrazole rings is 1. The number of nitrogens with one attached hydrogen (secondary N) is 1. The Morgan fingerprint density at radius 3 is 2.96 bits per heavy atom. The van der Waals surface area contributed by atoms with Crippen LogP contribution in [-0.4, -0.2) is 45.0 Å². The van der Waals surface area contributed by atoms with E-state index in [9.17, 15) is 4.79 Å². The number of carbonyl (C=O) groups excluding carboxylic acids is 1. The van der Waals surface area contributed by atoms with Gasteiger partial charge < -0.3 is 15.8 Å². The Morgan fingerprint density at radius 2 is 2.29 bits per heavy atom. The number of aryl methyl sites for hydroxylation is 1. The van der Waals surface area contributed by atoms with E-state index in [4.69, 9.17) is 10.5 Å². The van der Waals surface area contributed by atoms with E-state index in [0.29, 0.717) is 12.3 Å². The van der Waals surface area contributed by atoms with Gasteiger partial charge in [0.05, 0.1) is 0 Å². The van der Waals surface area contributed by atoms with Gasteiger partial charge in [-0.3, -0.25) is 4.79 Å². The second-order valence-electron chi connectivity index (χ2n) is 4.62. The van der Waals surface area contributed by atoms with Crippen molar-refractivity contribution in [1.29, 1.82) is 0 Å². The average molecular weight is 438 g/mol. The van der Waals surface area contributed by atoms with Crippen molar-refractivity contribution in [2.45, 2.75) is 11.7 Å². The third kappa shape index (κ3) is 6.63. The number of nitrogens with two attached hydrogens (primary N) is 1. The molecule has 0 spiro atoms. The largest absolute Gasteiger partial charge is 0.483 e. The van der Waals surface area contributed by atoms with Crippen LogP contribution in [0.5, 0.6) is 5.75 Å². The smallest absolute Gasteiger partial charge is 0.255 e. The molecular formula is C13H18BrClN6O2S. The molecule has 0 aliphatic heterocycles. The number of ether oxygens (including phenoxy) is 1. The van der Waals surface area contributed by atoms with Gasteiger partial charge in [-0.15, -0.1) is 17.5 Å². The summed E-state index contributed by atoms with van der Waals surface area (Å²) in [4.78, 5) is 10.8. The number of benzene rings is 1. The van der Waals surface area contributed by atoms with Gasteiger partial charge in [-0.1, -0.05) is 27.7 Å². The van der Waals surface area contributed by atoms with Gasteiger partial charge in [-0.05, 0) is 28.6 Å². The summed E-state index contributed by atoms with van der Waals surface area (Å²) in [7, 11) is 1.81. The van der Waals surface area contributed by atoms with Crippen molar-refractivity contribution < 1.29 is 9.53 Å². The normalized spacial score (nSPS) is 10.2. The summed E-state index contributed by atoms with van der Waals surface area (Å²) in [5, 5.41) is 15.4. The molecular weight excluding hydrogens is 420 g/mol. The number of halogens is 2. The highest BCUT2D eigenvalue weighted by Crippen LogP contribution is 2.23. The van der Waals surface area contributed by atoms with E-state index < -0.39 is 5.91 Å². The van der Waals surface area contributed by atoms with Gasteiger partial charge in [-0.25, -0.2) is 4.68 Å². The summed E-state index contributed by atoms with van der Waals surface area (Å²) >= 11 is 5.00. The minimum absolute atomic E-state index is 0. The fourth-order valence-electron chi connectivity index (χ4n) is 1.76. The molecule has 0 fully saturated rings. The highest BCUT2D eigenvalue weighted by atomic mass is 79.9. The summed E-state index contributed by atoms with van der Waals surface area (Å²) in [5.74, 6) is 0.977. The Labute approximate surface area is 158 Å². The lowest BCUT2D eigenvalue weighted by molar-refractivity contribution is -0.119. The second kappa shape index (κ2) is 10.5. The maximum atomic E-state index is 10.8. The van der Waals surface area contributed by atoms with E-state index in [1.807, 2.05) is 18.2 Å². The van der Waals surface area contributed by atoms with Crippen LogP contribution in [0.2, 0.25) is 0 Å². The third-order valence-corrected chi connectivity index (χ3v) is 4.30. The van der Waals surface area contributed by atoms with Crippen LogP contribution in [0.1, 0.15) is 5.56 Å². The van der Waals surface area contributed by atoms with Crippen molar-refractivity contribution >= 4 is 46.0 Å². The lowest BCUT2D eigenvalue weighted by Crippen LogP contribution is -2.21. The van der Waals surface area contributed by atoms with Gasteiger partial charge in [0, 0.05) is 35.9 Å². The molecule has 1 amide bonds. The number of hydrogen-bond donors (Lipinski definition) is 2. The molecule has 2 aromatic rings. The molecule has 11 heteroatoms. The molecule has 3 N–H and O–H groups in total. The molecule has 0 atom stereocenters. The van der Waals surface area contributed by atoms with Crippen molar-refractivity contribution in [2.75, 3.05) is 18.9 Å². The van der Waals surface area contributed by atoms with Crippen molar-refractivity contribution in [3.63, 3.8) is 0 Å². The number of aromatic nitrogens is 4. The Bertz CT molecular complexity index is 672. The molecule has 1 aromatic heterocycles. The van der Waals surface area contributed by atoms with Crippen LogP contribution < -0.4 is 15.8 Å². The predicted molar refractivity (Wildman–Crippen MR) is 97.3 cm³/mol. The number of primary amides is 1. The van der Waals surface area contributed by atoms with Crippen LogP contribution in [-0.2, 0) is 18.4 Å². The van der Waals surface area contributed by atoms with Crippen molar-refractivity contribution in [3.05, 3.63) is 28.2 Å². The Morgan fingerprint density at radius 1 is 1.50 bits per heavy atom. The van der Waals surface area contributed by atoms with Crippen LogP contribution >= 0.6 is 40.1 Å². The third-order valence-electron chi connectivity index (χ3n) is 2.80. The molecule has 0 saturated carbocycles. The molecule has 24 heavy (non-hydrogen) atoms. The first-order valence-corrected chi connectivity index (χ1v) is 8.59. The SMILES string of the molecule is Cl.Cn1nnnc1SCCNCc1cc(Br)ccc1OCC(N)=O. The van der Waals surface area contributed by atoms with Gasteiger partial charge in [0.25, 0.3) is 5.91 Å². The quantitative estimate of drug-likeness (QED) is 0.447. The second-order valence-corrected chi connectivity index (χ2v) is 6.60. The standard InChI is InChI=1S/C13H17BrN6O2S.ClH/c1-20-13(17-18-19-20)23-5-4-16-7-9-6-10(14)2-3-11(9)22-8-12(15)21;/h2-3,6,16H,4-5,7-8H2,1H3,(H2,15,21);1H. The van der Waals surface area contributed by atoms with E-state index in [1.165, 1.54) is 0 Å². The molecule has 0 aliphatic carbocycles. The summed E-state index contributed by atoms with van der Waals surface area (Å²) in [6.45, 7) is 1.26. The number of nitrogens with zero attached hydrogens (tertiary/aromatic N) is 4. The molecule has 0 radical (unpaired) electrons. The number of rotatable bonds is 9. The number of carbonyl (C=O) groups is 1. The zero-order valence-electron chi connectivity index (χ0n) is 12.9. The summed E-state index contributed by atoms with van der Waals surface area (Å²) < 4.78 is 7.99.